The van der Waals surface area contributed by atoms with E-state index in [1.807, 2.05) is 33.8 Å². The molecule has 1 fully saturated rings. The lowest BCUT2D eigenvalue weighted by molar-refractivity contribution is 0.00578. The summed E-state index contributed by atoms with van der Waals surface area (Å²) in [6.45, 7) is 9.69. The summed E-state index contributed by atoms with van der Waals surface area (Å²) < 4.78 is 12.0. The van der Waals surface area contributed by atoms with Crippen LogP contribution < -0.4 is 10.8 Å². The lowest BCUT2D eigenvalue weighted by atomic mass is 9.78. The molecule has 22 heavy (non-hydrogen) atoms. The molecule has 1 aromatic carbocycles. The van der Waals surface area contributed by atoms with Gasteiger partial charge in [0.15, 0.2) is 0 Å². The zero-order valence-corrected chi connectivity index (χ0v) is 14.2. The number of carbonyl (C=O) groups is 1. The normalized spacial score (nSPS) is 20.7. The van der Waals surface area contributed by atoms with Crippen LogP contribution in [0.15, 0.2) is 18.2 Å². The molecule has 1 aliphatic rings. The van der Waals surface area contributed by atoms with Crippen LogP contribution in [0, 0.1) is 0 Å². The highest BCUT2D eigenvalue weighted by molar-refractivity contribution is 6.62. The van der Waals surface area contributed by atoms with Crippen LogP contribution >= 0.6 is 11.6 Å². The van der Waals surface area contributed by atoms with Gasteiger partial charge in [0.1, 0.15) is 0 Å². The molecule has 1 aliphatic heterocycles. The third-order valence-corrected chi connectivity index (χ3v) is 4.68. The molecular weight excluding hydrogens is 304 g/mol. The van der Waals surface area contributed by atoms with Crippen molar-refractivity contribution >= 4 is 30.3 Å². The van der Waals surface area contributed by atoms with Crippen LogP contribution in [0.25, 0.3) is 0 Å². The summed E-state index contributed by atoms with van der Waals surface area (Å²) in [6, 6.07) is 5.02. The van der Waals surface area contributed by atoms with Gasteiger partial charge in [0.2, 0.25) is 0 Å². The van der Waals surface area contributed by atoms with E-state index in [1.54, 1.807) is 19.1 Å². The molecule has 5 nitrogen and oxygen atoms in total. The minimum absolute atomic E-state index is 0.391. The lowest BCUT2D eigenvalue weighted by Gasteiger charge is -2.32. The van der Waals surface area contributed by atoms with Crippen LogP contribution in [0.5, 0.6) is 0 Å². The molecule has 1 atom stereocenters. The van der Waals surface area contributed by atoms with Crippen LogP contribution in [-0.4, -0.2) is 29.5 Å². The van der Waals surface area contributed by atoms with Gasteiger partial charge in [-0.05, 0) is 51.7 Å². The second kappa shape index (κ2) is 5.76. The summed E-state index contributed by atoms with van der Waals surface area (Å²) in [4.78, 5) is 10.7. The van der Waals surface area contributed by atoms with Gasteiger partial charge in [-0.25, -0.2) is 4.79 Å². The first kappa shape index (κ1) is 17.1. The van der Waals surface area contributed by atoms with Crippen molar-refractivity contribution in [2.45, 2.75) is 51.9 Å². The Morgan fingerprint density at radius 2 is 1.82 bits per heavy atom. The van der Waals surface area contributed by atoms with E-state index in [4.69, 9.17) is 26.0 Å². The van der Waals surface area contributed by atoms with Gasteiger partial charge in [-0.2, -0.15) is 0 Å². The van der Waals surface area contributed by atoms with Crippen LogP contribution in [0.3, 0.4) is 0 Å². The summed E-state index contributed by atoms with van der Waals surface area (Å²) in [5, 5.41) is 11.6. The number of carboxylic acid groups (broad SMARTS) is 1. The molecule has 120 valence electrons. The molecule has 2 rings (SSSR count). The van der Waals surface area contributed by atoms with E-state index in [2.05, 4.69) is 5.32 Å². The average Bonchev–Trinajstić information content (AvgIpc) is 2.57. The van der Waals surface area contributed by atoms with Crippen molar-refractivity contribution in [2.24, 2.45) is 0 Å². The standard InChI is InChI=1S/C15H21BClNO4/c1-9(18-13(19)20)11-7-6-10(8-12(11)17)16-21-14(2,3)15(4,5)22-16/h6-9,18H,1-5H3,(H,19,20). The Hall–Kier alpha value is -1.24. The van der Waals surface area contributed by atoms with Crippen molar-refractivity contribution in [3.05, 3.63) is 28.8 Å². The van der Waals surface area contributed by atoms with Gasteiger partial charge in [-0.3, -0.25) is 0 Å². The molecular formula is C15H21BClNO4. The maximum Gasteiger partial charge on any atom is 0.494 e. The van der Waals surface area contributed by atoms with E-state index >= 15 is 0 Å². The highest BCUT2D eigenvalue weighted by Gasteiger charge is 2.51. The van der Waals surface area contributed by atoms with Crippen molar-refractivity contribution in [3.63, 3.8) is 0 Å². The SMILES string of the molecule is CC(NC(=O)O)c1ccc(B2OC(C)(C)C(C)(C)O2)cc1Cl. The summed E-state index contributed by atoms with van der Waals surface area (Å²) in [5.74, 6) is 0. The Labute approximate surface area is 136 Å². The van der Waals surface area contributed by atoms with Crippen LogP contribution in [0.4, 0.5) is 4.79 Å². The molecule has 1 unspecified atom stereocenters. The number of hydrogen-bond donors (Lipinski definition) is 2. The van der Waals surface area contributed by atoms with E-state index in [1.165, 1.54) is 0 Å². The minimum atomic E-state index is -1.08. The van der Waals surface area contributed by atoms with Gasteiger partial charge in [0, 0.05) is 5.02 Å². The van der Waals surface area contributed by atoms with Gasteiger partial charge in [0.25, 0.3) is 0 Å². The fraction of sp³-hybridized carbons (Fsp3) is 0.533. The van der Waals surface area contributed by atoms with Crippen LogP contribution in [0.1, 0.15) is 46.2 Å². The number of benzene rings is 1. The molecule has 0 saturated carbocycles. The summed E-state index contributed by atoms with van der Waals surface area (Å²) in [6.07, 6.45) is -1.08. The van der Waals surface area contributed by atoms with E-state index < -0.39 is 30.5 Å². The number of nitrogens with one attached hydrogen (secondary N) is 1. The summed E-state index contributed by atoms with van der Waals surface area (Å²) in [5.41, 5.74) is 0.696. The lowest BCUT2D eigenvalue weighted by Crippen LogP contribution is -2.41. The second-order valence-electron chi connectivity index (χ2n) is 6.54. The maximum atomic E-state index is 10.7. The molecule has 2 N–H and O–H groups in total. The smallest absolute Gasteiger partial charge is 0.465 e. The first-order chi connectivity index (χ1) is 10.0. The highest BCUT2D eigenvalue weighted by Crippen LogP contribution is 2.36. The largest absolute Gasteiger partial charge is 0.494 e. The fourth-order valence-corrected chi connectivity index (χ4v) is 2.64. The Balaban J connectivity index is 2.22. The molecule has 0 bridgehead atoms. The van der Waals surface area contributed by atoms with Crippen LogP contribution in [-0.2, 0) is 9.31 Å². The third-order valence-electron chi connectivity index (χ3n) is 4.36. The third kappa shape index (κ3) is 3.24. The van der Waals surface area contributed by atoms with Crippen molar-refractivity contribution in [3.8, 4) is 0 Å². The summed E-state index contributed by atoms with van der Waals surface area (Å²) in [7, 11) is -0.487. The number of hydrogen-bond acceptors (Lipinski definition) is 3. The van der Waals surface area contributed by atoms with Crippen molar-refractivity contribution in [1.82, 2.24) is 5.32 Å². The zero-order valence-electron chi connectivity index (χ0n) is 13.4. The topological polar surface area (TPSA) is 67.8 Å². The Morgan fingerprint density at radius 1 is 1.27 bits per heavy atom. The predicted molar refractivity (Wildman–Crippen MR) is 86.7 cm³/mol. The molecule has 1 amide bonds. The van der Waals surface area contributed by atoms with Crippen molar-refractivity contribution in [1.29, 1.82) is 0 Å². The second-order valence-corrected chi connectivity index (χ2v) is 6.95. The number of amides is 1. The first-order valence-corrected chi connectivity index (χ1v) is 7.56. The molecule has 1 aromatic rings. The van der Waals surface area contributed by atoms with Gasteiger partial charge >= 0.3 is 13.2 Å². The average molecular weight is 326 g/mol. The molecule has 0 radical (unpaired) electrons. The van der Waals surface area contributed by atoms with E-state index in [-0.39, 0.29) is 0 Å². The zero-order chi connectivity index (χ0) is 16.7. The van der Waals surface area contributed by atoms with Gasteiger partial charge in [-0.1, -0.05) is 23.7 Å². The fourth-order valence-electron chi connectivity index (χ4n) is 2.28. The first-order valence-electron chi connectivity index (χ1n) is 7.18. The molecule has 0 spiro atoms. The van der Waals surface area contributed by atoms with Gasteiger partial charge in [0.05, 0.1) is 17.2 Å². The number of halogens is 1. The molecule has 1 heterocycles. The van der Waals surface area contributed by atoms with Gasteiger partial charge in [-0.15, -0.1) is 0 Å². The Bertz CT molecular complexity index is 575. The molecule has 0 aromatic heterocycles. The highest BCUT2D eigenvalue weighted by atomic mass is 35.5. The van der Waals surface area contributed by atoms with E-state index in [0.717, 1.165) is 5.46 Å². The Kier molecular flexibility index (Phi) is 4.48. The van der Waals surface area contributed by atoms with Crippen LogP contribution in [0.2, 0.25) is 5.02 Å². The van der Waals surface area contributed by atoms with E-state index in [0.29, 0.717) is 10.6 Å². The Morgan fingerprint density at radius 3 is 2.27 bits per heavy atom. The van der Waals surface area contributed by atoms with Gasteiger partial charge < -0.3 is 19.7 Å². The van der Waals surface area contributed by atoms with Crippen molar-refractivity contribution in [2.75, 3.05) is 0 Å². The number of rotatable bonds is 3. The molecule has 0 aliphatic carbocycles. The molecule has 7 heteroatoms. The monoisotopic (exact) mass is 325 g/mol. The summed E-state index contributed by atoms with van der Waals surface area (Å²) >= 11 is 6.28. The predicted octanol–water partition coefficient (Wildman–Crippen LogP) is 2.97. The van der Waals surface area contributed by atoms with E-state index in [9.17, 15) is 4.79 Å². The maximum absolute atomic E-state index is 10.7. The minimum Gasteiger partial charge on any atom is -0.465 e. The quantitative estimate of drug-likeness (QED) is 0.838. The molecule has 1 saturated heterocycles. The van der Waals surface area contributed by atoms with Crippen molar-refractivity contribution < 1.29 is 19.2 Å².